The molecule has 2 saturated heterocycles. The van der Waals surface area contributed by atoms with Gasteiger partial charge in [0.1, 0.15) is 11.2 Å². The van der Waals surface area contributed by atoms with Crippen LogP contribution in [0, 0.1) is 0 Å². The molecular formula is C17H24N4O4. The van der Waals surface area contributed by atoms with Crippen molar-refractivity contribution in [2.45, 2.75) is 44.4 Å². The molecule has 2 aliphatic rings. The molecule has 1 aromatic heterocycles. The number of carbonyl (C=O) groups excluding carboxylic acids is 2. The van der Waals surface area contributed by atoms with E-state index in [-0.39, 0.29) is 23.8 Å². The van der Waals surface area contributed by atoms with Crippen molar-refractivity contribution in [2.75, 3.05) is 25.0 Å². The number of nitrogens with zero attached hydrogens (tertiary/aromatic N) is 2. The van der Waals surface area contributed by atoms with Crippen molar-refractivity contribution in [1.29, 1.82) is 0 Å². The predicted octanol–water partition coefficient (Wildman–Crippen LogP) is 1.98. The molecule has 8 heteroatoms. The van der Waals surface area contributed by atoms with Crippen LogP contribution in [0.4, 0.5) is 15.3 Å². The minimum Gasteiger partial charge on any atom is -0.444 e. The molecule has 0 bridgehead atoms. The molecule has 1 atom stereocenters. The summed E-state index contributed by atoms with van der Waals surface area (Å²) in [5.41, 5.74) is -0.248. The fourth-order valence-corrected chi connectivity index (χ4v) is 3.05. The number of urea groups is 1. The van der Waals surface area contributed by atoms with Crippen LogP contribution in [0.15, 0.2) is 24.5 Å². The van der Waals surface area contributed by atoms with E-state index < -0.39 is 5.60 Å². The van der Waals surface area contributed by atoms with E-state index in [1.54, 1.807) is 29.4 Å². The number of anilines is 1. The van der Waals surface area contributed by atoms with Gasteiger partial charge in [-0.3, -0.25) is 4.98 Å². The van der Waals surface area contributed by atoms with Gasteiger partial charge in [0.2, 0.25) is 0 Å². The summed E-state index contributed by atoms with van der Waals surface area (Å²) in [6, 6.07) is 3.15. The second-order valence-electron chi connectivity index (χ2n) is 7.57. The van der Waals surface area contributed by atoms with Crippen molar-refractivity contribution in [1.82, 2.24) is 15.2 Å². The van der Waals surface area contributed by atoms with Crippen molar-refractivity contribution >= 4 is 17.8 Å². The normalized spacial score (nSPS) is 21.6. The molecule has 1 unspecified atom stereocenters. The van der Waals surface area contributed by atoms with E-state index >= 15 is 0 Å². The van der Waals surface area contributed by atoms with Gasteiger partial charge >= 0.3 is 12.1 Å². The monoisotopic (exact) mass is 348 g/mol. The summed E-state index contributed by atoms with van der Waals surface area (Å²) in [5.74, 6) is 0. The molecule has 0 aliphatic carbocycles. The number of hydrogen-bond donors (Lipinski definition) is 2. The van der Waals surface area contributed by atoms with Crippen LogP contribution < -0.4 is 10.6 Å². The van der Waals surface area contributed by atoms with Crippen LogP contribution in [0.25, 0.3) is 0 Å². The first-order valence-corrected chi connectivity index (χ1v) is 8.34. The highest BCUT2D eigenvalue weighted by Crippen LogP contribution is 2.35. The molecule has 3 rings (SSSR count). The van der Waals surface area contributed by atoms with Gasteiger partial charge in [0.25, 0.3) is 0 Å². The second kappa shape index (κ2) is 6.51. The average molecular weight is 348 g/mol. The number of pyridine rings is 1. The third kappa shape index (κ3) is 4.39. The van der Waals surface area contributed by atoms with Gasteiger partial charge in [0, 0.05) is 12.6 Å². The van der Waals surface area contributed by atoms with Crippen molar-refractivity contribution in [3.05, 3.63) is 24.5 Å². The smallest absolute Gasteiger partial charge is 0.410 e. The Hall–Kier alpha value is -2.35. The maximum Gasteiger partial charge on any atom is 0.410 e. The van der Waals surface area contributed by atoms with Crippen LogP contribution in [0.3, 0.4) is 0 Å². The van der Waals surface area contributed by atoms with Gasteiger partial charge in [-0.15, -0.1) is 0 Å². The summed E-state index contributed by atoms with van der Waals surface area (Å²) in [6.45, 7) is 6.94. The summed E-state index contributed by atoms with van der Waals surface area (Å²) < 4.78 is 11.2. The molecule has 0 aromatic carbocycles. The first-order valence-electron chi connectivity index (χ1n) is 8.34. The van der Waals surface area contributed by atoms with Crippen LogP contribution in [0.5, 0.6) is 0 Å². The third-order valence-corrected chi connectivity index (χ3v) is 4.07. The predicted molar refractivity (Wildman–Crippen MR) is 91.3 cm³/mol. The van der Waals surface area contributed by atoms with Gasteiger partial charge < -0.3 is 25.0 Å². The highest BCUT2D eigenvalue weighted by molar-refractivity contribution is 5.89. The summed E-state index contributed by atoms with van der Waals surface area (Å²) in [5, 5.41) is 5.63. The quantitative estimate of drug-likeness (QED) is 0.852. The number of likely N-dealkylation sites (tertiary alicyclic amines) is 1. The topological polar surface area (TPSA) is 92.8 Å². The summed E-state index contributed by atoms with van der Waals surface area (Å²) in [4.78, 5) is 29.6. The van der Waals surface area contributed by atoms with Crippen molar-refractivity contribution in [3.63, 3.8) is 0 Å². The van der Waals surface area contributed by atoms with E-state index in [0.717, 1.165) is 0 Å². The summed E-state index contributed by atoms with van der Waals surface area (Å²) in [6.07, 6.45) is 3.57. The number of nitrogens with one attached hydrogen (secondary N) is 2. The lowest BCUT2D eigenvalue weighted by molar-refractivity contribution is -0.109. The second-order valence-corrected chi connectivity index (χ2v) is 7.57. The number of hydrogen-bond acceptors (Lipinski definition) is 5. The van der Waals surface area contributed by atoms with E-state index in [1.165, 1.54) is 0 Å². The zero-order valence-corrected chi connectivity index (χ0v) is 14.7. The van der Waals surface area contributed by atoms with E-state index in [0.29, 0.717) is 31.8 Å². The first kappa shape index (κ1) is 17.5. The molecule has 0 saturated carbocycles. The zero-order chi connectivity index (χ0) is 18.1. The molecule has 3 heterocycles. The van der Waals surface area contributed by atoms with Gasteiger partial charge in [-0.25, -0.2) is 9.59 Å². The summed E-state index contributed by atoms with van der Waals surface area (Å²) in [7, 11) is 0. The van der Waals surface area contributed by atoms with Gasteiger partial charge in [0.05, 0.1) is 37.6 Å². The van der Waals surface area contributed by atoms with Gasteiger partial charge in [-0.05, 0) is 32.9 Å². The Labute approximate surface area is 146 Å². The Morgan fingerprint density at radius 2 is 2.16 bits per heavy atom. The Balaban J connectivity index is 1.44. The van der Waals surface area contributed by atoms with Crippen LogP contribution in [0.1, 0.15) is 27.2 Å². The fourth-order valence-electron chi connectivity index (χ4n) is 3.05. The molecule has 8 nitrogen and oxygen atoms in total. The van der Waals surface area contributed by atoms with E-state index in [1.807, 2.05) is 20.8 Å². The first-order chi connectivity index (χ1) is 11.7. The van der Waals surface area contributed by atoms with E-state index in [2.05, 4.69) is 15.6 Å². The van der Waals surface area contributed by atoms with Crippen molar-refractivity contribution in [3.8, 4) is 0 Å². The highest BCUT2D eigenvalue weighted by atomic mass is 16.6. The Morgan fingerprint density at radius 3 is 2.80 bits per heavy atom. The van der Waals surface area contributed by atoms with Crippen molar-refractivity contribution in [2.24, 2.45) is 0 Å². The minimum atomic E-state index is -0.509. The SMILES string of the molecule is CC(C)(C)OC(=O)N1CC2(CC(NC(=O)Nc3cccnc3)CO2)C1. The van der Waals surface area contributed by atoms with Crippen LogP contribution in [0.2, 0.25) is 0 Å². The van der Waals surface area contributed by atoms with Gasteiger partial charge in [-0.1, -0.05) is 0 Å². The molecule has 25 heavy (non-hydrogen) atoms. The molecular weight excluding hydrogens is 324 g/mol. The van der Waals surface area contributed by atoms with E-state index in [9.17, 15) is 9.59 Å². The largest absolute Gasteiger partial charge is 0.444 e. The Bertz CT molecular complexity index is 638. The molecule has 2 fully saturated rings. The number of ether oxygens (including phenoxy) is 2. The molecule has 2 aliphatic heterocycles. The molecule has 3 amide bonds. The molecule has 1 aromatic rings. The van der Waals surface area contributed by atoms with Crippen LogP contribution in [-0.4, -0.2) is 58.9 Å². The highest BCUT2D eigenvalue weighted by Gasteiger charge is 2.52. The molecule has 136 valence electrons. The Kier molecular flexibility index (Phi) is 4.55. The van der Waals surface area contributed by atoms with Crippen LogP contribution in [-0.2, 0) is 9.47 Å². The minimum absolute atomic E-state index is 0.0857. The Morgan fingerprint density at radius 1 is 1.40 bits per heavy atom. The third-order valence-electron chi connectivity index (χ3n) is 4.07. The van der Waals surface area contributed by atoms with Gasteiger partial charge in [0.15, 0.2) is 0 Å². The molecule has 2 N–H and O–H groups in total. The zero-order valence-electron chi connectivity index (χ0n) is 14.7. The van der Waals surface area contributed by atoms with Crippen molar-refractivity contribution < 1.29 is 19.1 Å². The average Bonchev–Trinajstić information content (AvgIpc) is 2.89. The number of aromatic nitrogens is 1. The number of amides is 3. The lowest BCUT2D eigenvalue weighted by Crippen LogP contribution is -2.64. The molecule has 0 radical (unpaired) electrons. The number of carbonyl (C=O) groups is 2. The lowest BCUT2D eigenvalue weighted by atomic mass is 9.90. The standard InChI is InChI=1S/C17H24N4O4/c1-16(2,3)25-15(23)21-10-17(11-21)7-13(9-24-17)20-14(22)19-12-5-4-6-18-8-12/h4-6,8,13H,7,9-11H2,1-3H3,(H2,19,20,22). The fraction of sp³-hybridized carbons (Fsp3) is 0.588. The summed E-state index contributed by atoms with van der Waals surface area (Å²) >= 11 is 0. The van der Waals surface area contributed by atoms with E-state index in [4.69, 9.17) is 9.47 Å². The maximum atomic E-state index is 12.0. The molecule has 1 spiro atoms. The maximum absolute atomic E-state index is 12.0. The lowest BCUT2D eigenvalue weighted by Gasteiger charge is -2.46. The van der Waals surface area contributed by atoms with Gasteiger partial charge in [-0.2, -0.15) is 0 Å². The van der Waals surface area contributed by atoms with Crippen LogP contribution >= 0.6 is 0 Å². The number of rotatable bonds is 2.